The molecule has 1 rings (SSSR count). The molecular weight excluding hydrogens is 361 g/mol. The maximum atomic E-state index is 6.50. The van der Waals surface area contributed by atoms with Crippen molar-refractivity contribution < 1.29 is 0 Å². The average molecular weight is 391 g/mol. The molecule has 3 radical (unpaired) electrons. The van der Waals surface area contributed by atoms with Crippen LogP contribution in [0.5, 0.6) is 0 Å². The molecule has 1 aliphatic rings. The second-order valence-electron chi connectivity index (χ2n) is 6.68. The molecule has 0 spiro atoms. The lowest BCUT2D eigenvalue weighted by atomic mass is 9.69. The molecule has 1 saturated heterocycles. The van der Waals surface area contributed by atoms with Crippen molar-refractivity contribution in [2.75, 3.05) is 0 Å². The highest BCUT2D eigenvalue weighted by atomic mass is 35.5. The van der Waals surface area contributed by atoms with E-state index in [4.69, 9.17) is 34.8 Å². The van der Waals surface area contributed by atoms with Gasteiger partial charge in [-0.25, -0.2) is 0 Å². The van der Waals surface area contributed by atoms with Gasteiger partial charge in [0, 0.05) is 34.3 Å². The van der Waals surface area contributed by atoms with Gasteiger partial charge < -0.3 is 14.2 Å². The van der Waals surface area contributed by atoms with Gasteiger partial charge in [0.25, 0.3) is 22.6 Å². The second-order valence-corrected chi connectivity index (χ2v) is 8.36. The Morgan fingerprint density at radius 2 is 0.792 bits per heavy atom. The Morgan fingerprint density at radius 1 is 0.583 bits per heavy atom. The molecule has 0 aromatic heterocycles. The molecule has 1 fully saturated rings. The Hall–Kier alpha value is 0.945. The van der Waals surface area contributed by atoms with E-state index in [1.54, 1.807) is 0 Å². The van der Waals surface area contributed by atoms with Crippen LogP contribution in [0.15, 0.2) is 0 Å². The minimum atomic E-state index is 0.0841. The second kappa shape index (κ2) is 10.9. The highest BCUT2D eigenvalue weighted by molar-refractivity contribution is 6.65. The predicted molar refractivity (Wildman–Crippen MR) is 111 cm³/mol. The SMILES string of the molecule is CCC(Cl)C(C)N1[B]N(C(C)C(Cl)CC)[B]N(C(C)C(Cl)CC)[B]1. The molecule has 24 heavy (non-hydrogen) atoms. The van der Waals surface area contributed by atoms with Crippen molar-refractivity contribution >= 4 is 57.5 Å². The minimum Gasteiger partial charge on any atom is -0.361 e. The number of hydrogen-bond donors (Lipinski definition) is 0. The molecule has 0 bridgehead atoms. The Bertz CT molecular complexity index is 312. The molecule has 0 saturated carbocycles. The zero-order chi connectivity index (χ0) is 18.4. The highest BCUT2D eigenvalue weighted by Gasteiger charge is 2.38. The van der Waals surface area contributed by atoms with Gasteiger partial charge in [0.05, 0.1) is 0 Å². The minimum absolute atomic E-state index is 0.0841. The number of hydrogen-bond acceptors (Lipinski definition) is 3. The summed E-state index contributed by atoms with van der Waals surface area (Å²) in [6, 6.07) is 0.585. The fraction of sp³-hybridized carbons (Fsp3) is 1.00. The van der Waals surface area contributed by atoms with Gasteiger partial charge in [-0.1, -0.05) is 20.8 Å². The Kier molecular flexibility index (Phi) is 10.5. The summed E-state index contributed by atoms with van der Waals surface area (Å²) < 4.78 is 6.56. The first-order chi connectivity index (χ1) is 11.3. The summed E-state index contributed by atoms with van der Waals surface area (Å²) in [5.41, 5.74) is 0. The van der Waals surface area contributed by atoms with E-state index in [1.165, 1.54) is 0 Å². The van der Waals surface area contributed by atoms with Gasteiger partial charge in [-0.2, -0.15) is 0 Å². The molecule has 6 unspecified atom stereocenters. The van der Waals surface area contributed by atoms with Crippen molar-refractivity contribution in [1.82, 2.24) is 14.2 Å². The van der Waals surface area contributed by atoms with Crippen molar-refractivity contribution in [1.29, 1.82) is 0 Å². The topological polar surface area (TPSA) is 9.72 Å². The lowest BCUT2D eigenvalue weighted by Gasteiger charge is -2.48. The molecular formula is C15H30B3Cl3N3. The standard InChI is InChI=1S/C15H30B3Cl3N3/c1-7-13(19)10(4)22-16-23(11(5)14(20)8-2)18-24(17-22)12(6)15(21)9-3/h10-15H,7-9H2,1-6H3. The number of alkyl halides is 3. The molecule has 9 heteroatoms. The van der Waals surface area contributed by atoms with Crippen molar-refractivity contribution in [2.45, 2.75) is 95.1 Å². The maximum Gasteiger partial charge on any atom is 0.290 e. The number of rotatable bonds is 9. The smallest absolute Gasteiger partial charge is 0.290 e. The average Bonchev–Trinajstić information content (AvgIpc) is 2.63. The maximum absolute atomic E-state index is 6.50. The molecule has 0 aliphatic carbocycles. The third-order valence-electron chi connectivity index (χ3n) is 4.95. The molecule has 1 aliphatic heterocycles. The molecule has 0 aromatic carbocycles. The van der Waals surface area contributed by atoms with Crippen LogP contribution in [0, 0.1) is 0 Å². The Labute approximate surface area is 166 Å². The van der Waals surface area contributed by atoms with E-state index in [-0.39, 0.29) is 34.3 Å². The largest absolute Gasteiger partial charge is 0.361 e. The first kappa shape index (κ1) is 23.0. The zero-order valence-electron chi connectivity index (χ0n) is 15.8. The normalized spacial score (nSPS) is 24.9. The van der Waals surface area contributed by atoms with Gasteiger partial charge >= 0.3 is 0 Å². The molecule has 0 aromatic rings. The number of nitrogens with zero attached hydrogens (tertiary/aromatic N) is 3. The summed E-state index contributed by atoms with van der Waals surface area (Å²) in [7, 11) is 6.34. The van der Waals surface area contributed by atoms with Crippen LogP contribution in [0.1, 0.15) is 60.8 Å². The van der Waals surface area contributed by atoms with Gasteiger partial charge in [-0.15, -0.1) is 34.8 Å². The molecule has 0 amide bonds. The summed E-state index contributed by atoms with van der Waals surface area (Å²) in [4.78, 5) is 0. The Balaban J connectivity index is 2.93. The van der Waals surface area contributed by atoms with Crippen molar-refractivity contribution in [3.05, 3.63) is 0 Å². The van der Waals surface area contributed by atoms with Crippen molar-refractivity contribution in [2.24, 2.45) is 0 Å². The van der Waals surface area contributed by atoms with Crippen LogP contribution in [0.4, 0.5) is 0 Å². The van der Waals surface area contributed by atoms with E-state index in [2.05, 4.69) is 78.4 Å². The van der Waals surface area contributed by atoms with Crippen LogP contribution in [0.2, 0.25) is 0 Å². The van der Waals surface area contributed by atoms with E-state index in [0.29, 0.717) is 0 Å². The first-order valence-corrected chi connectivity index (χ1v) is 10.4. The fourth-order valence-corrected chi connectivity index (χ4v) is 3.16. The summed E-state index contributed by atoms with van der Waals surface area (Å²) in [6.07, 6.45) is 2.78. The van der Waals surface area contributed by atoms with Crippen LogP contribution in [-0.4, -0.2) is 71.1 Å². The summed E-state index contributed by atoms with van der Waals surface area (Å²) in [6.45, 7) is 12.8. The van der Waals surface area contributed by atoms with E-state index in [1.807, 2.05) is 0 Å². The van der Waals surface area contributed by atoms with Crippen molar-refractivity contribution in [3.63, 3.8) is 0 Å². The number of halogens is 3. The summed E-state index contributed by atoms with van der Waals surface area (Å²) in [5, 5.41) is 0.252. The van der Waals surface area contributed by atoms with Gasteiger partial charge in [-0.05, 0) is 40.0 Å². The van der Waals surface area contributed by atoms with Crippen LogP contribution >= 0.6 is 34.8 Å². The lowest BCUT2D eigenvalue weighted by Crippen LogP contribution is -2.69. The van der Waals surface area contributed by atoms with Crippen LogP contribution in [0.3, 0.4) is 0 Å². The zero-order valence-corrected chi connectivity index (χ0v) is 18.1. The van der Waals surface area contributed by atoms with E-state index >= 15 is 0 Å². The quantitative estimate of drug-likeness (QED) is 0.438. The van der Waals surface area contributed by atoms with E-state index in [0.717, 1.165) is 19.3 Å². The monoisotopic (exact) mass is 390 g/mol. The molecule has 1 heterocycles. The van der Waals surface area contributed by atoms with E-state index in [9.17, 15) is 0 Å². The van der Waals surface area contributed by atoms with Gasteiger partial charge in [0.15, 0.2) is 0 Å². The third kappa shape index (κ3) is 5.99. The van der Waals surface area contributed by atoms with Gasteiger partial charge in [-0.3, -0.25) is 0 Å². The van der Waals surface area contributed by atoms with Crippen LogP contribution in [-0.2, 0) is 0 Å². The fourth-order valence-electron chi connectivity index (χ4n) is 2.77. The highest BCUT2D eigenvalue weighted by Crippen LogP contribution is 2.22. The predicted octanol–water partition coefficient (Wildman–Crippen LogP) is 3.73. The van der Waals surface area contributed by atoms with Crippen molar-refractivity contribution in [3.8, 4) is 0 Å². The van der Waals surface area contributed by atoms with E-state index < -0.39 is 0 Å². The summed E-state index contributed by atoms with van der Waals surface area (Å²) >= 11 is 19.5. The lowest BCUT2D eigenvalue weighted by molar-refractivity contribution is 0.341. The molecule has 6 atom stereocenters. The molecule has 135 valence electrons. The molecule has 3 nitrogen and oxygen atoms in total. The summed E-state index contributed by atoms with van der Waals surface area (Å²) in [5.74, 6) is 0. The van der Waals surface area contributed by atoms with Crippen LogP contribution in [0.25, 0.3) is 0 Å². The van der Waals surface area contributed by atoms with Gasteiger partial charge in [0.2, 0.25) is 0 Å². The van der Waals surface area contributed by atoms with Crippen LogP contribution < -0.4 is 0 Å². The van der Waals surface area contributed by atoms with Gasteiger partial charge in [0.1, 0.15) is 0 Å². The Morgan fingerprint density at radius 3 is 0.958 bits per heavy atom. The first-order valence-electron chi connectivity index (χ1n) is 9.06. The third-order valence-corrected chi connectivity index (χ3v) is 6.97. The molecule has 0 N–H and O–H groups in total.